The van der Waals surface area contributed by atoms with E-state index in [-0.39, 0.29) is 72.7 Å². The molecular weight excluding hydrogens is 222 g/mol. The zero-order valence-corrected chi connectivity index (χ0v) is 6.21. The molecular formula is H2BeCuNiZr. The maximum absolute atomic E-state index is 0. The first-order valence-electron chi connectivity index (χ1n) is 0. The summed E-state index contributed by atoms with van der Waals surface area (Å²) in [6.07, 6.45) is 0. The monoisotopic (exact) mass is 222 g/mol. The Hall–Kier alpha value is 2.06. The minimum atomic E-state index is 0. The molecule has 0 aliphatic rings. The van der Waals surface area contributed by atoms with Gasteiger partial charge in [0.2, 0.25) is 0 Å². The van der Waals surface area contributed by atoms with Gasteiger partial charge in [0.25, 0.3) is 0 Å². The average molecular weight is 224 g/mol. The Labute approximate surface area is 72.2 Å². The van der Waals surface area contributed by atoms with E-state index in [9.17, 15) is 0 Å². The maximum Gasteiger partial charge on any atom is 2.00 e. The molecule has 0 heterocycles. The van der Waals surface area contributed by atoms with Gasteiger partial charge in [0.1, 0.15) is 0 Å². The third-order valence-electron chi connectivity index (χ3n) is 0. The number of hydrogen-bond donors (Lipinski definition) is 0. The predicted molar refractivity (Wildman–Crippen MR) is 7.98 cm³/mol. The Bertz CT molecular complexity index is 13.5. The van der Waals surface area contributed by atoms with Crippen LogP contribution in [0.15, 0.2) is 0 Å². The van der Waals surface area contributed by atoms with Gasteiger partial charge in [0, 0.05) is 59.8 Å². The summed E-state index contributed by atoms with van der Waals surface area (Å²) in [6, 6.07) is 0. The van der Waals surface area contributed by atoms with Crippen LogP contribution in [0.2, 0.25) is 0 Å². The van der Waals surface area contributed by atoms with Crippen LogP contribution in [0.3, 0.4) is 0 Å². The van der Waals surface area contributed by atoms with Crippen LogP contribution in [0.1, 0.15) is 2.85 Å². The smallest absolute Gasteiger partial charge is 1.00 e. The Kier molecular flexibility index (Phi) is 179. The van der Waals surface area contributed by atoms with Crippen LogP contribution >= 0.6 is 0 Å². The van der Waals surface area contributed by atoms with E-state index in [2.05, 4.69) is 0 Å². The molecule has 0 saturated carbocycles. The van der Waals surface area contributed by atoms with E-state index < -0.39 is 0 Å². The molecule has 4 heteroatoms. The van der Waals surface area contributed by atoms with Crippen LogP contribution in [0, 0.1) is 0 Å². The van der Waals surface area contributed by atoms with Crippen molar-refractivity contribution in [3.63, 3.8) is 0 Å². The van der Waals surface area contributed by atoms with Crippen LogP contribution < -0.4 is 0 Å². The summed E-state index contributed by atoms with van der Waals surface area (Å²) in [5.74, 6) is 0. The van der Waals surface area contributed by atoms with Gasteiger partial charge in [-0.3, -0.25) is 0 Å². The van der Waals surface area contributed by atoms with Crippen molar-refractivity contribution in [1.82, 2.24) is 0 Å². The van der Waals surface area contributed by atoms with E-state index in [4.69, 9.17) is 0 Å². The fourth-order valence-corrected chi connectivity index (χ4v) is 0. The second kappa shape index (κ2) is 19.6. The van der Waals surface area contributed by atoms with Gasteiger partial charge in [-0.25, -0.2) is 0 Å². The number of hydrogen-bond acceptors (Lipinski definition) is 0. The molecule has 0 aromatic rings. The quantitative estimate of drug-likeness (QED) is 0.502. The number of rotatable bonds is 0. The first-order valence-corrected chi connectivity index (χ1v) is 0. The molecule has 0 unspecified atom stereocenters. The van der Waals surface area contributed by atoms with Crippen molar-refractivity contribution in [3.05, 3.63) is 0 Å². The molecule has 29 valence electrons. The summed E-state index contributed by atoms with van der Waals surface area (Å²) in [5.41, 5.74) is 0. The Morgan fingerprint density at radius 2 is 1.25 bits per heavy atom. The van der Waals surface area contributed by atoms with Crippen LogP contribution in [0.5, 0.6) is 0 Å². The molecule has 0 bridgehead atoms. The van der Waals surface area contributed by atoms with Gasteiger partial charge in [0.05, 0.1) is 0 Å². The van der Waals surface area contributed by atoms with Crippen molar-refractivity contribution in [2.24, 2.45) is 0 Å². The Morgan fingerprint density at radius 3 is 1.25 bits per heavy atom. The van der Waals surface area contributed by atoms with E-state index in [0.717, 1.165) is 0 Å². The molecule has 4 heavy (non-hydrogen) atoms. The first kappa shape index (κ1) is 36.5. The van der Waals surface area contributed by atoms with Crippen molar-refractivity contribution in [2.45, 2.75) is 0 Å². The standard InChI is InChI=1S/Be.Cu.Ni.Zr.2H/q+2;;;;2*-1. The van der Waals surface area contributed by atoms with E-state index in [0.29, 0.717) is 0 Å². The van der Waals surface area contributed by atoms with E-state index in [1.165, 1.54) is 0 Å². The normalized spacial score (nSPS) is 0. The van der Waals surface area contributed by atoms with Gasteiger partial charge < -0.3 is 2.85 Å². The second-order valence-electron chi connectivity index (χ2n) is 0. The maximum atomic E-state index is 0. The minimum Gasteiger partial charge on any atom is -1.00 e. The van der Waals surface area contributed by atoms with Gasteiger partial charge >= 0.3 is 10.1 Å². The molecule has 0 fully saturated rings. The molecule has 0 aromatic heterocycles. The van der Waals surface area contributed by atoms with Crippen molar-refractivity contribution in [2.75, 3.05) is 0 Å². The molecule has 0 atom stereocenters. The van der Waals surface area contributed by atoms with Crippen LogP contribution in [0.25, 0.3) is 0 Å². The molecule has 1 radical (unpaired) electrons. The summed E-state index contributed by atoms with van der Waals surface area (Å²) < 4.78 is 0. The second-order valence-corrected chi connectivity index (χ2v) is 0. The van der Waals surface area contributed by atoms with E-state index in [1.54, 1.807) is 0 Å². The summed E-state index contributed by atoms with van der Waals surface area (Å²) in [7, 11) is 0. The van der Waals surface area contributed by atoms with Crippen LogP contribution in [-0.4, -0.2) is 10.1 Å². The van der Waals surface area contributed by atoms with Gasteiger partial charge in [-0.05, 0) is 0 Å². The predicted octanol–water partition coefficient (Wildman–Crippen LogP) is -0.163. The molecule has 0 saturated heterocycles. The molecule has 0 N–H and O–H groups in total. The summed E-state index contributed by atoms with van der Waals surface area (Å²) in [5, 5.41) is 0. The summed E-state index contributed by atoms with van der Waals surface area (Å²) in [4.78, 5) is 0. The minimum absolute atomic E-state index is 0. The molecule has 0 aromatic carbocycles. The molecule has 0 amide bonds. The van der Waals surface area contributed by atoms with Gasteiger partial charge in [-0.1, -0.05) is 0 Å². The average Bonchev–Trinajstić information content (AvgIpc) is 0. The van der Waals surface area contributed by atoms with E-state index in [1.807, 2.05) is 0 Å². The first-order chi connectivity index (χ1) is 0. The van der Waals surface area contributed by atoms with Crippen molar-refractivity contribution >= 4 is 10.1 Å². The van der Waals surface area contributed by atoms with Crippen molar-refractivity contribution in [1.29, 1.82) is 0 Å². The Morgan fingerprint density at radius 1 is 1.25 bits per heavy atom. The Balaban J connectivity index is 0. The van der Waals surface area contributed by atoms with Gasteiger partial charge in [0.15, 0.2) is 0 Å². The molecule has 0 aliphatic heterocycles. The largest absolute Gasteiger partial charge is 2.00 e. The van der Waals surface area contributed by atoms with Gasteiger partial charge in [-0.15, -0.1) is 0 Å². The van der Waals surface area contributed by atoms with Crippen LogP contribution in [0.4, 0.5) is 0 Å². The fourth-order valence-electron chi connectivity index (χ4n) is 0. The van der Waals surface area contributed by atoms with E-state index >= 15 is 0 Å². The fraction of sp³-hybridized carbons (Fsp3) is 0. The molecule has 0 aliphatic carbocycles. The summed E-state index contributed by atoms with van der Waals surface area (Å²) in [6.45, 7) is 0. The topological polar surface area (TPSA) is 0 Å². The van der Waals surface area contributed by atoms with Crippen molar-refractivity contribution < 1.29 is 62.6 Å². The molecule has 0 spiro atoms. The summed E-state index contributed by atoms with van der Waals surface area (Å²) >= 11 is 0. The van der Waals surface area contributed by atoms with Crippen LogP contribution in [-0.2, 0) is 59.8 Å². The third-order valence-corrected chi connectivity index (χ3v) is 0. The zero-order chi connectivity index (χ0) is 0. The van der Waals surface area contributed by atoms with Crippen molar-refractivity contribution in [3.8, 4) is 0 Å². The SMILES string of the molecule is [Be+2].[Cu].[H-].[H-].[Ni].[Zr]. The molecule has 0 rings (SSSR count). The third kappa shape index (κ3) is 8.96. The van der Waals surface area contributed by atoms with Gasteiger partial charge in [-0.2, -0.15) is 0 Å². The molecule has 0 nitrogen and oxygen atoms in total. The zero-order valence-electron chi connectivity index (χ0n) is 3.82.